The fraction of sp³-hybridized carbons (Fsp3) is 0.529. The summed E-state index contributed by atoms with van der Waals surface area (Å²) in [7, 11) is 0. The second kappa shape index (κ2) is 9.61. The van der Waals surface area contributed by atoms with Crippen LogP contribution in [-0.2, 0) is 20.9 Å². The van der Waals surface area contributed by atoms with E-state index in [0.717, 1.165) is 38.4 Å². The number of nitrogens with one attached hydrogen (secondary N) is 1. The molecule has 1 N–H and O–H groups in total. The lowest BCUT2D eigenvalue weighted by atomic mass is 10.2. The number of ether oxygens (including phenoxy) is 1. The summed E-state index contributed by atoms with van der Waals surface area (Å²) in [5.41, 5.74) is 0.940. The molecule has 24 heavy (non-hydrogen) atoms. The van der Waals surface area contributed by atoms with Gasteiger partial charge in [-0.15, -0.1) is 0 Å². The molecule has 0 bridgehead atoms. The third kappa shape index (κ3) is 6.47. The van der Waals surface area contributed by atoms with E-state index < -0.39 is 0 Å². The van der Waals surface area contributed by atoms with Crippen molar-refractivity contribution in [2.75, 3.05) is 45.9 Å². The number of hydrogen-bond acceptors (Lipinski definition) is 4. The molecule has 0 atom stereocenters. The van der Waals surface area contributed by atoms with Crippen LogP contribution in [0.3, 0.4) is 0 Å². The van der Waals surface area contributed by atoms with Crippen LogP contribution in [0.15, 0.2) is 24.3 Å². The van der Waals surface area contributed by atoms with E-state index >= 15 is 0 Å². The van der Waals surface area contributed by atoms with E-state index in [1.54, 1.807) is 12.1 Å². The van der Waals surface area contributed by atoms with Crippen LogP contribution in [0.5, 0.6) is 0 Å². The second-order valence-electron chi connectivity index (χ2n) is 5.81. The molecule has 0 saturated carbocycles. The van der Waals surface area contributed by atoms with Crippen molar-refractivity contribution >= 4 is 23.4 Å². The average Bonchev–Trinajstić information content (AvgIpc) is 2.57. The van der Waals surface area contributed by atoms with Gasteiger partial charge in [0.15, 0.2) is 0 Å². The largest absolute Gasteiger partial charge is 0.379 e. The third-order valence-corrected chi connectivity index (χ3v) is 4.17. The van der Waals surface area contributed by atoms with Gasteiger partial charge in [-0.05, 0) is 17.7 Å². The Balaban J connectivity index is 1.75. The first-order chi connectivity index (χ1) is 11.5. The molecular weight excluding hydrogens is 330 g/mol. The number of hydrogen-bond donors (Lipinski definition) is 1. The van der Waals surface area contributed by atoms with Gasteiger partial charge in [0.05, 0.1) is 19.8 Å². The predicted octanol–water partition coefficient (Wildman–Crippen LogP) is 1.14. The Hall–Kier alpha value is -1.63. The van der Waals surface area contributed by atoms with Gasteiger partial charge in [-0.25, -0.2) is 0 Å². The van der Waals surface area contributed by atoms with Crippen molar-refractivity contribution in [1.29, 1.82) is 0 Å². The van der Waals surface area contributed by atoms with Gasteiger partial charge in [0.25, 0.3) is 0 Å². The molecule has 0 aromatic heterocycles. The van der Waals surface area contributed by atoms with E-state index in [1.165, 1.54) is 11.8 Å². The Labute approximate surface area is 147 Å². The van der Waals surface area contributed by atoms with Gasteiger partial charge < -0.3 is 15.0 Å². The average molecular weight is 354 g/mol. The topological polar surface area (TPSA) is 61.9 Å². The molecule has 0 unspecified atom stereocenters. The first-order valence-electron chi connectivity index (χ1n) is 8.11. The van der Waals surface area contributed by atoms with Crippen molar-refractivity contribution in [3.05, 3.63) is 34.9 Å². The monoisotopic (exact) mass is 353 g/mol. The normalized spacial score (nSPS) is 15.1. The molecule has 0 aliphatic carbocycles. The van der Waals surface area contributed by atoms with Gasteiger partial charge in [-0.1, -0.05) is 23.7 Å². The molecule has 1 aliphatic heterocycles. The van der Waals surface area contributed by atoms with Crippen molar-refractivity contribution < 1.29 is 14.3 Å². The van der Waals surface area contributed by atoms with Gasteiger partial charge in [-0.3, -0.25) is 14.5 Å². The standard InChI is InChI=1S/C17H24ClN3O3/c1-14(22)21(12-15-2-4-16(18)5-3-15)13-17(23)19-6-7-20-8-10-24-11-9-20/h2-5H,6-13H2,1H3,(H,19,23). The number of carbonyl (C=O) groups is 2. The molecular formula is C17H24ClN3O3. The van der Waals surface area contributed by atoms with E-state index in [4.69, 9.17) is 16.3 Å². The zero-order valence-corrected chi connectivity index (χ0v) is 14.7. The summed E-state index contributed by atoms with van der Waals surface area (Å²) in [6.45, 7) is 6.57. The molecule has 0 radical (unpaired) electrons. The SMILES string of the molecule is CC(=O)N(CC(=O)NCCN1CCOCC1)Cc1ccc(Cl)cc1. The molecule has 1 fully saturated rings. The molecule has 6 nitrogen and oxygen atoms in total. The van der Waals surface area contributed by atoms with Crippen molar-refractivity contribution in [1.82, 2.24) is 15.1 Å². The minimum Gasteiger partial charge on any atom is -0.379 e. The van der Waals surface area contributed by atoms with Gasteiger partial charge >= 0.3 is 0 Å². The van der Waals surface area contributed by atoms with Crippen molar-refractivity contribution in [2.45, 2.75) is 13.5 Å². The number of amides is 2. The van der Waals surface area contributed by atoms with Crippen LogP contribution in [-0.4, -0.2) is 67.6 Å². The van der Waals surface area contributed by atoms with Gasteiger partial charge in [0.2, 0.25) is 11.8 Å². The molecule has 132 valence electrons. The molecule has 7 heteroatoms. The van der Waals surface area contributed by atoms with Crippen LogP contribution < -0.4 is 5.32 Å². The molecule has 1 aromatic rings. The maximum atomic E-state index is 12.1. The Morgan fingerprint density at radius 3 is 2.54 bits per heavy atom. The first kappa shape index (κ1) is 18.7. The van der Waals surface area contributed by atoms with E-state index in [1.807, 2.05) is 12.1 Å². The molecule has 1 aromatic carbocycles. The number of nitrogens with zero attached hydrogens (tertiary/aromatic N) is 2. The minimum atomic E-state index is -0.146. The fourth-order valence-corrected chi connectivity index (χ4v) is 2.62. The summed E-state index contributed by atoms with van der Waals surface area (Å²) in [6.07, 6.45) is 0. The van der Waals surface area contributed by atoms with Crippen LogP contribution in [0.4, 0.5) is 0 Å². The summed E-state index contributed by atoms with van der Waals surface area (Å²) >= 11 is 5.86. The number of rotatable bonds is 7. The number of halogens is 1. The van der Waals surface area contributed by atoms with Crippen molar-refractivity contribution in [3.63, 3.8) is 0 Å². The van der Waals surface area contributed by atoms with Crippen LogP contribution >= 0.6 is 11.6 Å². The Morgan fingerprint density at radius 1 is 1.25 bits per heavy atom. The molecule has 1 aliphatic rings. The Bertz CT molecular complexity index is 545. The summed E-state index contributed by atoms with van der Waals surface area (Å²) < 4.78 is 5.29. The quantitative estimate of drug-likeness (QED) is 0.798. The van der Waals surface area contributed by atoms with E-state index in [-0.39, 0.29) is 18.4 Å². The van der Waals surface area contributed by atoms with Gasteiger partial charge in [0.1, 0.15) is 0 Å². The van der Waals surface area contributed by atoms with E-state index in [0.29, 0.717) is 18.1 Å². The van der Waals surface area contributed by atoms with Crippen LogP contribution in [0.25, 0.3) is 0 Å². The summed E-state index contributed by atoms with van der Waals surface area (Å²) in [5.74, 6) is -0.277. The second-order valence-corrected chi connectivity index (χ2v) is 6.24. The minimum absolute atomic E-state index is 0.0566. The predicted molar refractivity (Wildman–Crippen MR) is 92.8 cm³/mol. The van der Waals surface area contributed by atoms with Crippen LogP contribution in [0.1, 0.15) is 12.5 Å². The molecule has 1 heterocycles. The van der Waals surface area contributed by atoms with E-state index in [2.05, 4.69) is 10.2 Å². The van der Waals surface area contributed by atoms with Gasteiger partial charge in [-0.2, -0.15) is 0 Å². The lowest BCUT2D eigenvalue weighted by Gasteiger charge is -2.26. The van der Waals surface area contributed by atoms with Gasteiger partial charge in [0, 0.05) is 44.7 Å². The summed E-state index contributed by atoms with van der Waals surface area (Å²) in [4.78, 5) is 27.6. The summed E-state index contributed by atoms with van der Waals surface area (Å²) in [6, 6.07) is 7.26. The third-order valence-electron chi connectivity index (χ3n) is 3.92. The molecule has 2 rings (SSSR count). The highest BCUT2D eigenvalue weighted by Gasteiger charge is 2.15. The van der Waals surface area contributed by atoms with Crippen molar-refractivity contribution in [2.24, 2.45) is 0 Å². The lowest BCUT2D eigenvalue weighted by Crippen LogP contribution is -2.44. The lowest BCUT2D eigenvalue weighted by molar-refractivity contribution is -0.134. The molecule has 2 amide bonds. The molecule has 1 saturated heterocycles. The highest BCUT2D eigenvalue weighted by atomic mass is 35.5. The first-order valence-corrected chi connectivity index (χ1v) is 8.49. The maximum Gasteiger partial charge on any atom is 0.239 e. The number of carbonyl (C=O) groups excluding carboxylic acids is 2. The number of benzene rings is 1. The van der Waals surface area contributed by atoms with Crippen molar-refractivity contribution in [3.8, 4) is 0 Å². The van der Waals surface area contributed by atoms with E-state index in [9.17, 15) is 9.59 Å². The van der Waals surface area contributed by atoms with Crippen LogP contribution in [0, 0.1) is 0 Å². The Kier molecular flexibility index (Phi) is 7.49. The van der Waals surface area contributed by atoms with Crippen LogP contribution in [0.2, 0.25) is 5.02 Å². The highest BCUT2D eigenvalue weighted by molar-refractivity contribution is 6.30. The maximum absolute atomic E-state index is 12.1. The highest BCUT2D eigenvalue weighted by Crippen LogP contribution is 2.11. The molecule has 0 spiro atoms. The zero-order valence-electron chi connectivity index (χ0n) is 14.0. The number of morpholine rings is 1. The fourth-order valence-electron chi connectivity index (χ4n) is 2.50. The summed E-state index contributed by atoms with van der Waals surface area (Å²) in [5, 5.41) is 3.52. The smallest absolute Gasteiger partial charge is 0.239 e. The Morgan fingerprint density at radius 2 is 1.92 bits per heavy atom. The zero-order chi connectivity index (χ0) is 17.4.